The highest BCUT2D eigenvalue weighted by molar-refractivity contribution is 5.80. The lowest BCUT2D eigenvalue weighted by atomic mass is 10.1. The average Bonchev–Trinajstić information content (AvgIpc) is 2.82. The maximum atomic E-state index is 12.5. The van der Waals surface area contributed by atoms with Crippen LogP contribution in [-0.2, 0) is 11.3 Å². The highest BCUT2D eigenvalue weighted by Crippen LogP contribution is 2.21. The zero-order valence-corrected chi connectivity index (χ0v) is 18.9. The summed E-state index contributed by atoms with van der Waals surface area (Å²) in [5.74, 6) is 0.762. The minimum atomic E-state index is -0.0818. The molecule has 1 aromatic heterocycles. The van der Waals surface area contributed by atoms with Crippen LogP contribution in [0.2, 0.25) is 0 Å². The van der Waals surface area contributed by atoms with Crippen LogP contribution in [0.15, 0.2) is 53.3 Å². The van der Waals surface area contributed by atoms with E-state index < -0.39 is 0 Å². The number of hydrogen-bond donors (Lipinski definition) is 2. The van der Waals surface area contributed by atoms with Gasteiger partial charge in [0.2, 0.25) is 0 Å². The molecule has 1 aliphatic rings. The molecule has 7 heteroatoms. The van der Waals surface area contributed by atoms with Gasteiger partial charge in [-0.25, -0.2) is 0 Å². The highest BCUT2D eigenvalue weighted by atomic mass is 16.5. The van der Waals surface area contributed by atoms with E-state index in [0.29, 0.717) is 18.7 Å². The topological polar surface area (TPSA) is 69.8 Å². The number of methoxy groups -OCH3 is 1. The molecule has 7 nitrogen and oxygen atoms in total. The quantitative estimate of drug-likeness (QED) is 0.536. The van der Waals surface area contributed by atoms with Gasteiger partial charge < -0.3 is 24.7 Å². The number of piperazine rings is 1. The monoisotopic (exact) mass is 436 g/mol. The van der Waals surface area contributed by atoms with E-state index in [1.54, 1.807) is 7.11 Å². The molecule has 2 N–H and O–H groups in total. The zero-order valence-electron chi connectivity index (χ0n) is 18.9. The van der Waals surface area contributed by atoms with Gasteiger partial charge in [-0.3, -0.25) is 9.69 Å². The Hall–Kier alpha value is -3.03. The van der Waals surface area contributed by atoms with E-state index in [0.717, 1.165) is 61.7 Å². The molecule has 0 atom stereocenters. The molecule has 0 saturated carbocycles. The maximum Gasteiger partial charge on any atom is 0.253 e. The first-order chi connectivity index (χ1) is 15.7. The molecule has 0 unspecified atom stereocenters. The predicted octanol–water partition coefficient (Wildman–Crippen LogP) is 3.31. The summed E-state index contributed by atoms with van der Waals surface area (Å²) in [5.41, 5.74) is 3.64. The Morgan fingerprint density at radius 2 is 1.81 bits per heavy atom. The van der Waals surface area contributed by atoms with Gasteiger partial charge in [0.15, 0.2) is 0 Å². The molecule has 2 heterocycles. The van der Waals surface area contributed by atoms with Crippen LogP contribution in [0.1, 0.15) is 12.5 Å². The predicted molar refractivity (Wildman–Crippen MR) is 130 cm³/mol. The molecule has 4 rings (SSSR count). The first kappa shape index (κ1) is 22.2. The minimum absolute atomic E-state index is 0.0818. The van der Waals surface area contributed by atoms with Crippen LogP contribution in [0.5, 0.6) is 5.75 Å². The third-order valence-electron chi connectivity index (χ3n) is 5.90. The number of aromatic amines is 1. The number of ether oxygens (including phenoxy) is 2. The van der Waals surface area contributed by atoms with Gasteiger partial charge >= 0.3 is 0 Å². The molecule has 170 valence electrons. The van der Waals surface area contributed by atoms with Gasteiger partial charge in [-0.05, 0) is 54.8 Å². The van der Waals surface area contributed by atoms with Crippen molar-refractivity contribution in [2.45, 2.75) is 13.5 Å². The largest absolute Gasteiger partial charge is 0.494 e. The molecular weight excluding hydrogens is 404 g/mol. The molecule has 0 amide bonds. The number of anilines is 2. The number of nitrogens with zero attached hydrogens (tertiary/aromatic N) is 2. The van der Waals surface area contributed by atoms with Gasteiger partial charge in [0.1, 0.15) is 5.75 Å². The summed E-state index contributed by atoms with van der Waals surface area (Å²) in [6.45, 7) is 8.95. The SMILES string of the molecule is CCOc1ccc2cc(CNc3ccc(N4CCN(CCOC)CC4)cc3)c(=O)[nH]c2c1. The van der Waals surface area contributed by atoms with E-state index >= 15 is 0 Å². The smallest absolute Gasteiger partial charge is 0.253 e. The van der Waals surface area contributed by atoms with Crippen LogP contribution < -0.4 is 20.5 Å². The van der Waals surface area contributed by atoms with Crippen molar-refractivity contribution < 1.29 is 9.47 Å². The lowest BCUT2D eigenvalue weighted by Gasteiger charge is -2.36. The van der Waals surface area contributed by atoms with Gasteiger partial charge in [-0.2, -0.15) is 0 Å². The Morgan fingerprint density at radius 1 is 1.03 bits per heavy atom. The van der Waals surface area contributed by atoms with Crippen molar-refractivity contribution in [2.75, 3.05) is 63.3 Å². The van der Waals surface area contributed by atoms with E-state index in [-0.39, 0.29) is 5.56 Å². The fourth-order valence-electron chi connectivity index (χ4n) is 4.05. The van der Waals surface area contributed by atoms with Crippen molar-refractivity contribution in [1.29, 1.82) is 0 Å². The number of benzene rings is 2. The third-order valence-corrected chi connectivity index (χ3v) is 5.90. The van der Waals surface area contributed by atoms with Gasteiger partial charge in [0.05, 0.1) is 18.7 Å². The summed E-state index contributed by atoms with van der Waals surface area (Å²) in [4.78, 5) is 20.3. The van der Waals surface area contributed by atoms with Gasteiger partial charge in [0, 0.05) is 69.4 Å². The van der Waals surface area contributed by atoms with E-state index in [9.17, 15) is 4.79 Å². The maximum absolute atomic E-state index is 12.5. The number of fused-ring (bicyclic) bond motifs is 1. The van der Waals surface area contributed by atoms with Gasteiger partial charge in [-0.1, -0.05) is 0 Å². The lowest BCUT2D eigenvalue weighted by molar-refractivity contribution is 0.144. The third kappa shape index (κ3) is 5.41. The fourth-order valence-corrected chi connectivity index (χ4v) is 4.05. The summed E-state index contributed by atoms with van der Waals surface area (Å²) in [5, 5.41) is 4.36. The lowest BCUT2D eigenvalue weighted by Crippen LogP contribution is -2.47. The summed E-state index contributed by atoms with van der Waals surface area (Å²) in [6, 6.07) is 16.2. The van der Waals surface area contributed by atoms with Crippen LogP contribution in [0.4, 0.5) is 11.4 Å². The van der Waals surface area contributed by atoms with Crippen molar-refractivity contribution in [3.8, 4) is 5.75 Å². The molecule has 2 aromatic carbocycles. The summed E-state index contributed by atoms with van der Waals surface area (Å²) in [7, 11) is 1.75. The number of aromatic nitrogens is 1. The second-order valence-electron chi connectivity index (χ2n) is 8.03. The summed E-state index contributed by atoms with van der Waals surface area (Å²) < 4.78 is 10.7. The number of nitrogens with one attached hydrogen (secondary N) is 2. The van der Waals surface area contributed by atoms with Crippen LogP contribution in [-0.4, -0.2) is 62.9 Å². The molecular formula is C25H32N4O3. The van der Waals surface area contributed by atoms with E-state index in [2.05, 4.69) is 44.4 Å². The van der Waals surface area contributed by atoms with Crippen molar-refractivity contribution in [3.63, 3.8) is 0 Å². The molecule has 32 heavy (non-hydrogen) atoms. The van der Waals surface area contributed by atoms with Crippen LogP contribution in [0, 0.1) is 0 Å². The van der Waals surface area contributed by atoms with Crippen molar-refractivity contribution >= 4 is 22.3 Å². The molecule has 0 spiro atoms. The second kappa shape index (κ2) is 10.5. The first-order valence-corrected chi connectivity index (χ1v) is 11.2. The molecule has 0 bridgehead atoms. The molecule has 0 aliphatic carbocycles. The molecule has 1 aliphatic heterocycles. The Labute approximate surface area is 188 Å². The zero-order chi connectivity index (χ0) is 22.3. The molecule has 3 aromatic rings. The Morgan fingerprint density at radius 3 is 2.53 bits per heavy atom. The van der Waals surface area contributed by atoms with Crippen molar-refractivity contribution in [1.82, 2.24) is 9.88 Å². The molecule has 1 fully saturated rings. The average molecular weight is 437 g/mol. The molecule has 1 saturated heterocycles. The van der Waals surface area contributed by atoms with E-state index in [1.165, 1.54) is 5.69 Å². The van der Waals surface area contributed by atoms with Gasteiger partial charge in [0.25, 0.3) is 5.56 Å². The standard InChI is InChI=1S/C25H32N4O3/c1-3-32-23-9-4-19-16-20(25(30)27-24(19)17-23)18-26-21-5-7-22(8-6-21)29-12-10-28(11-13-29)14-15-31-2/h4-9,16-17,26H,3,10-15,18H2,1-2H3,(H,27,30). The number of rotatable bonds is 9. The second-order valence-corrected chi connectivity index (χ2v) is 8.03. The van der Waals surface area contributed by atoms with E-state index in [1.807, 2.05) is 31.2 Å². The van der Waals surface area contributed by atoms with Crippen LogP contribution >= 0.6 is 0 Å². The van der Waals surface area contributed by atoms with Crippen LogP contribution in [0.3, 0.4) is 0 Å². The summed E-state index contributed by atoms with van der Waals surface area (Å²) in [6.07, 6.45) is 0. The van der Waals surface area contributed by atoms with Crippen LogP contribution in [0.25, 0.3) is 10.9 Å². The van der Waals surface area contributed by atoms with Crippen molar-refractivity contribution in [2.24, 2.45) is 0 Å². The summed E-state index contributed by atoms with van der Waals surface area (Å²) >= 11 is 0. The van der Waals surface area contributed by atoms with Gasteiger partial charge in [-0.15, -0.1) is 0 Å². The highest BCUT2D eigenvalue weighted by Gasteiger charge is 2.16. The number of hydrogen-bond acceptors (Lipinski definition) is 6. The fraction of sp³-hybridized carbons (Fsp3) is 0.400. The Bertz CT molecular complexity index is 1070. The van der Waals surface area contributed by atoms with E-state index in [4.69, 9.17) is 9.47 Å². The minimum Gasteiger partial charge on any atom is -0.494 e. The first-order valence-electron chi connectivity index (χ1n) is 11.2. The Balaban J connectivity index is 1.35. The normalized spacial score (nSPS) is 14.6. The Kier molecular flexibility index (Phi) is 7.29. The molecule has 0 radical (unpaired) electrons. The number of pyridine rings is 1. The number of H-pyrrole nitrogens is 1. The van der Waals surface area contributed by atoms with Crippen molar-refractivity contribution in [3.05, 3.63) is 64.4 Å².